The smallest absolute Gasteiger partial charge is 0.303 e. The van der Waals surface area contributed by atoms with Crippen LogP contribution in [-0.4, -0.2) is 44.7 Å². The van der Waals surface area contributed by atoms with E-state index in [-0.39, 0.29) is 18.3 Å². The van der Waals surface area contributed by atoms with E-state index in [4.69, 9.17) is 5.11 Å². The number of aliphatic carboxylic acids is 1. The topological polar surface area (TPSA) is 98.0 Å². The molecule has 156 valence electrons. The minimum Gasteiger partial charge on any atom is -0.481 e. The van der Waals surface area contributed by atoms with Crippen LogP contribution in [0.25, 0.3) is 0 Å². The first-order chi connectivity index (χ1) is 13.0. The molecule has 1 saturated carbocycles. The molecule has 0 spiro atoms. The molecule has 0 aliphatic heterocycles. The van der Waals surface area contributed by atoms with Gasteiger partial charge in [-0.25, -0.2) is 0 Å². The first-order valence-electron chi connectivity index (χ1n) is 10.5. The van der Waals surface area contributed by atoms with Crippen LogP contribution in [0.2, 0.25) is 0 Å². The maximum Gasteiger partial charge on any atom is 0.303 e. The zero-order valence-corrected chi connectivity index (χ0v) is 16.7. The van der Waals surface area contributed by atoms with Crippen LogP contribution >= 0.6 is 0 Å². The molecule has 5 heteroatoms. The van der Waals surface area contributed by atoms with Crippen molar-refractivity contribution in [3.05, 3.63) is 24.3 Å². The number of allylic oxidation sites excluding steroid dienone is 1. The van der Waals surface area contributed by atoms with Crippen LogP contribution in [0.4, 0.5) is 0 Å². The number of hydrogen-bond donors (Lipinski definition) is 4. The van der Waals surface area contributed by atoms with Crippen molar-refractivity contribution < 1.29 is 25.2 Å². The van der Waals surface area contributed by atoms with E-state index >= 15 is 0 Å². The summed E-state index contributed by atoms with van der Waals surface area (Å²) in [5.41, 5.74) is 0. The normalized spacial score (nSPS) is 27.0. The zero-order chi connectivity index (χ0) is 20.1. The van der Waals surface area contributed by atoms with Gasteiger partial charge in [0.05, 0.1) is 18.3 Å². The Morgan fingerprint density at radius 3 is 2.56 bits per heavy atom. The lowest BCUT2D eigenvalue weighted by molar-refractivity contribution is -0.137. The molecule has 0 heterocycles. The van der Waals surface area contributed by atoms with Crippen LogP contribution in [0.3, 0.4) is 0 Å². The van der Waals surface area contributed by atoms with Crippen molar-refractivity contribution in [1.29, 1.82) is 0 Å². The molecular weight excluding hydrogens is 344 g/mol. The summed E-state index contributed by atoms with van der Waals surface area (Å²) < 4.78 is 0. The van der Waals surface area contributed by atoms with Gasteiger partial charge < -0.3 is 20.4 Å². The molecule has 0 unspecified atom stereocenters. The molecule has 1 aliphatic carbocycles. The number of unbranched alkanes of at least 4 members (excludes halogenated alkanes) is 5. The molecular formula is C22H38O5. The summed E-state index contributed by atoms with van der Waals surface area (Å²) in [5, 5.41) is 39.1. The predicted molar refractivity (Wildman–Crippen MR) is 107 cm³/mol. The third-order valence-corrected chi connectivity index (χ3v) is 5.42. The van der Waals surface area contributed by atoms with Gasteiger partial charge in [0, 0.05) is 18.8 Å². The Kier molecular flexibility index (Phi) is 12.3. The average molecular weight is 383 g/mol. The Labute approximate surface area is 163 Å². The van der Waals surface area contributed by atoms with Crippen molar-refractivity contribution in [3.8, 4) is 0 Å². The lowest BCUT2D eigenvalue weighted by Crippen LogP contribution is -2.21. The van der Waals surface area contributed by atoms with E-state index < -0.39 is 24.3 Å². The molecule has 1 fully saturated rings. The molecule has 0 aromatic carbocycles. The zero-order valence-electron chi connectivity index (χ0n) is 16.7. The largest absolute Gasteiger partial charge is 0.481 e. The highest BCUT2D eigenvalue weighted by atomic mass is 16.4. The predicted octanol–water partition coefficient (Wildman–Crippen LogP) is 3.82. The number of carboxylic acid groups (broad SMARTS) is 1. The van der Waals surface area contributed by atoms with Gasteiger partial charge in [0.25, 0.3) is 0 Å². The third-order valence-electron chi connectivity index (χ3n) is 5.42. The minimum atomic E-state index is -0.743. The molecule has 4 N–H and O–H groups in total. The highest BCUT2D eigenvalue weighted by molar-refractivity contribution is 5.66. The van der Waals surface area contributed by atoms with Gasteiger partial charge in [0.15, 0.2) is 0 Å². The molecule has 5 nitrogen and oxygen atoms in total. The van der Waals surface area contributed by atoms with Crippen molar-refractivity contribution in [1.82, 2.24) is 0 Å². The Morgan fingerprint density at radius 2 is 1.85 bits per heavy atom. The Bertz CT molecular complexity index is 460. The Balaban J connectivity index is 2.30. The SMILES string of the molecule is CCCCC[C@H]1[C@@H](/C=C/[C@H](O)C/C=C\CCCCCC(=O)O)[C@@H](O)C[C@H]1O. The highest BCUT2D eigenvalue weighted by Crippen LogP contribution is 2.37. The van der Waals surface area contributed by atoms with Crippen molar-refractivity contribution in [3.63, 3.8) is 0 Å². The molecule has 1 rings (SSSR count). The molecule has 0 bridgehead atoms. The van der Waals surface area contributed by atoms with Crippen LogP contribution in [0.1, 0.15) is 77.6 Å². The van der Waals surface area contributed by atoms with Gasteiger partial charge in [-0.05, 0) is 38.0 Å². The molecule has 0 saturated heterocycles. The van der Waals surface area contributed by atoms with E-state index in [1.807, 2.05) is 18.2 Å². The van der Waals surface area contributed by atoms with Gasteiger partial charge >= 0.3 is 5.97 Å². The van der Waals surface area contributed by atoms with E-state index in [0.29, 0.717) is 19.3 Å². The monoisotopic (exact) mass is 382 g/mol. The van der Waals surface area contributed by atoms with Gasteiger partial charge in [-0.15, -0.1) is 0 Å². The second kappa shape index (κ2) is 13.9. The first-order valence-corrected chi connectivity index (χ1v) is 10.5. The molecule has 0 aromatic rings. The number of aliphatic hydroxyl groups excluding tert-OH is 3. The fourth-order valence-corrected chi connectivity index (χ4v) is 3.81. The van der Waals surface area contributed by atoms with Crippen LogP contribution in [-0.2, 0) is 4.79 Å². The molecule has 27 heavy (non-hydrogen) atoms. The fraction of sp³-hybridized carbons (Fsp3) is 0.773. The maximum absolute atomic E-state index is 10.4. The van der Waals surface area contributed by atoms with E-state index in [1.165, 1.54) is 0 Å². The summed E-state index contributed by atoms with van der Waals surface area (Å²) in [4.78, 5) is 10.4. The van der Waals surface area contributed by atoms with Gasteiger partial charge in [-0.1, -0.05) is 56.9 Å². The summed E-state index contributed by atoms with van der Waals surface area (Å²) in [5.74, 6) is -0.742. The summed E-state index contributed by atoms with van der Waals surface area (Å²) in [6.45, 7) is 2.15. The van der Waals surface area contributed by atoms with Gasteiger partial charge in [-0.2, -0.15) is 0 Å². The number of rotatable bonds is 14. The lowest BCUT2D eigenvalue weighted by Gasteiger charge is -2.21. The van der Waals surface area contributed by atoms with Crippen molar-refractivity contribution >= 4 is 5.97 Å². The second-order valence-corrected chi connectivity index (χ2v) is 7.76. The number of aliphatic hydroxyl groups is 3. The van der Waals surface area contributed by atoms with Gasteiger partial charge in [0.2, 0.25) is 0 Å². The lowest BCUT2D eigenvalue weighted by atomic mass is 9.88. The quantitative estimate of drug-likeness (QED) is 0.270. The van der Waals surface area contributed by atoms with E-state index in [0.717, 1.165) is 44.9 Å². The molecule has 5 atom stereocenters. The molecule has 0 aromatic heterocycles. The van der Waals surface area contributed by atoms with Crippen LogP contribution < -0.4 is 0 Å². The standard InChI is InChI=1S/C22H38O5/c1-2-3-8-12-18-19(21(25)16-20(18)24)15-14-17(23)11-9-6-4-5-7-10-13-22(26)27/h6,9,14-15,17-21,23-25H,2-5,7-8,10-13,16H2,1H3,(H,26,27)/b9-6-,15-14+/t17-,18+,19-,20-,21+/m1/s1. The van der Waals surface area contributed by atoms with Crippen molar-refractivity contribution in [2.24, 2.45) is 11.8 Å². The van der Waals surface area contributed by atoms with Gasteiger partial charge in [-0.3, -0.25) is 4.79 Å². The van der Waals surface area contributed by atoms with Crippen molar-refractivity contribution in [2.75, 3.05) is 0 Å². The summed E-state index contributed by atoms with van der Waals surface area (Å²) >= 11 is 0. The number of hydrogen-bond acceptors (Lipinski definition) is 4. The number of carbonyl (C=O) groups is 1. The number of carboxylic acids is 1. The van der Waals surface area contributed by atoms with Crippen LogP contribution in [0.5, 0.6) is 0 Å². The Hall–Kier alpha value is -1.17. The first kappa shape index (κ1) is 23.9. The molecule has 0 radical (unpaired) electrons. The third kappa shape index (κ3) is 10.1. The fourth-order valence-electron chi connectivity index (χ4n) is 3.81. The van der Waals surface area contributed by atoms with E-state index in [2.05, 4.69) is 6.92 Å². The second-order valence-electron chi connectivity index (χ2n) is 7.76. The van der Waals surface area contributed by atoms with Crippen LogP contribution in [0, 0.1) is 11.8 Å². The summed E-state index contributed by atoms with van der Waals surface area (Å²) in [6.07, 6.45) is 14.9. The Morgan fingerprint density at radius 1 is 1.07 bits per heavy atom. The van der Waals surface area contributed by atoms with E-state index in [1.54, 1.807) is 6.08 Å². The summed E-state index contributed by atoms with van der Waals surface area (Å²) in [7, 11) is 0. The maximum atomic E-state index is 10.4. The molecule has 0 amide bonds. The van der Waals surface area contributed by atoms with E-state index in [9.17, 15) is 20.1 Å². The van der Waals surface area contributed by atoms with Crippen LogP contribution in [0.15, 0.2) is 24.3 Å². The summed E-state index contributed by atoms with van der Waals surface area (Å²) in [6, 6.07) is 0. The van der Waals surface area contributed by atoms with Gasteiger partial charge in [0.1, 0.15) is 0 Å². The molecule has 1 aliphatic rings. The minimum absolute atomic E-state index is 0.0790. The average Bonchev–Trinajstić information content (AvgIpc) is 2.88. The van der Waals surface area contributed by atoms with Crippen molar-refractivity contribution in [2.45, 2.75) is 95.9 Å². The highest BCUT2D eigenvalue weighted by Gasteiger charge is 2.39.